The van der Waals surface area contributed by atoms with E-state index in [9.17, 15) is 4.79 Å². The molecule has 0 fully saturated rings. The average molecular weight is 246 g/mol. The number of anilines is 1. The maximum atomic E-state index is 10.6. The Balaban J connectivity index is 2.18. The molecule has 0 bridgehead atoms. The van der Waals surface area contributed by atoms with Crippen LogP contribution in [0.25, 0.3) is 0 Å². The van der Waals surface area contributed by atoms with Crippen LogP contribution in [0.2, 0.25) is 0 Å². The van der Waals surface area contributed by atoms with Gasteiger partial charge in [0.2, 0.25) is 0 Å². The summed E-state index contributed by atoms with van der Waals surface area (Å²) in [5.74, 6) is -0.0666. The largest absolute Gasteiger partial charge is 0.489 e. The monoisotopic (exact) mass is 246 g/mol. The van der Waals surface area contributed by atoms with Crippen LogP contribution in [-0.4, -0.2) is 30.8 Å². The molecule has 0 aliphatic carbocycles. The first kappa shape index (κ1) is 12.2. The summed E-state index contributed by atoms with van der Waals surface area (Å²) < 4.78 is 5.59. The minimum atomic E-state index is -0.806. The number of fused-ring (bicyclic) bond motifs is 1. The minimum absolute atomic E-state index is 0.0301. The molecule has 5 heteroatoms. The lowest BCUT2D eigenvalue weighted by atomic mass is 10.1. The van der Waals surface area contributed by atoms with Gasteiger partial charge < -0.3 is 14.7 Å². The van der Waals surface area contributed by atoms with E-state index < -0.39 is 5.97 Å². The van der Waals surface area contributed by atoms with Gasteiger partial charge in [-0.15, -0.1) is 0 Å². The number of ether oxygens (including phenoxy) is 1. The Kier molecular flexibility index (Phi) is 3.38. The first-order valence-electron chi connectivity index (χ1n) is 5.73. The number of likely N-dealkylation sites (N-methyl/N-ethyl adjacent to an activating group) is 1. The molecule has 5 nitrogen and oxygen atoms in total. The zero-order valence-corrected chi connectivity index (χ0v) is 10.1. The number of hydrogen-bond acceptors (Lipinski definition) is 4. The van der Waals surface area contributed by atoms with E-state index in [1.807, 2.05) is 11.9 Å². The molecular weight excluding hydrogens is 232 g/mol. The first-order chi connectivity index (χ1) is 8.61. The molecule has 0 spiro atoms. The lowest BCUT2D eigenvalue weighted by Crippen LogP contribution is -2.40. The quantitative estimate of drug-likeness (QED) is 0.877. The van der Waals surface area contributed by atoms with E-state index in [-0.39, 0.29) is 12.5 Å². The number of benzene rings is 1. The number of carboxylic acids is 1. The Morgan fingerprint density at radius 3 is 3.11 bits per heavy atom. The number of carboxylic acid groups (broad SMARTS) is 1. The topological polar surface area (TPSA) is 73.6 Å². The second kappa shape index (κ2) is 4.96. The van der Waals surface area contributed by atoms with Gasteiger partial charge in [0, 0.05) is 13.5 Å². The molecule has 1 aromatic carbocycles. The number of nitriles is 1. The van der Waals surface area contributed by atoms with Gasteiger partial charge in [0.1, 0.15) is 12.4 Å². The van der Waals surface area contributed by atoms with Crippen molar-refractivity contribution in [2.45, 2.75) is 18.9 Å². The van der Waals surface area contributed by atoms with E-state index in [0.29, 0.717) is 18.6 Å². The van der Waals surface area contributed by atoms with Gasteiger partial charge in [-0.2, -0.15) is 5.26 Å². The molecule has 1 aliphatic rings. The number of rotatable bonds is 3. The second-order valence-electron chi connectivity index (χ2n) is 4.30. The fraction of sp³-hybridized carbons (Fsp3) is 0.385. The van der Waals surface area contributed by atoms with Crippen LogP contribution in [0, 0.1) is 11.3 Å². The van der Waals surface area contributed by atoms with Gasteiger partial charge in [-0.1, -0.05) is 0 Å². The Morgan fingerprint density at radius 1 is 1.67 bits per heavy atom. The summed E-state index contributed by atoms with van der Waals surface area (Å²) in [5.41, 5.74) is 1.42. The summed E-state index contributed by atoms with van der Waals surface area (Å²) in [6, 6.07) is 7.37. The highest BCUT2D eigenvalue weighted by atomic mass is 16.5. The van der Waals surface area contributed by atoms with Crippen molar-refractivity contribution in [1.29, 1.82) is 5.26 Å². The zero-order chi connectivity index (χ0) is 13.1. The molecule has 1 aromatic rings. The van der Waals surface area contributed by atoms with Crippen molar-refractivity contribution in [3.8, 4) is 11.8 Å². The lowest BCUT2D eigenvalue weighted by molar-refractivity contribution is -0.137. The van der Waals surface area contributed by atoms with Crippen LogP contribution < -0.4 is 9.64 Å². The SMILES string of the molecule is CN1c2cc(C#N)ccc2OCC1CCC(=O)O. The van der Waals surface area contributed by atoms with Crippen molar-refractivity contribution >= 4 is 11.7 Å². The van der Waals surface area contributed by atoms with E-state index in [1.165, 1.54) is 0 Å². The van der Waals surface area contributed by atoms with Gasteiger partial charge in [-0.25, -0.2) is 0 Å². The van der Waals surface area contributed by atoms with E-state index in [4.69, 9.17) is 15.1 Å². The minimum Gasteiger partial charge on any atom is -0.489 e. The Morgan fingerprint density at radius 2 is 2.44 bits per heavy atom. The summed E-state index contributed by atoms with van der Waals surface area (Å²) in [7, 11) is 1.90. The van der Waals surface area contributed by atoms with Crippen LogP contribution in [0.3, 0.4) is 0 Å². The van der Waals surface area contributed by atoms with Crippen LogP contribution in [0.4, 0.5) is 5.69 Å². The summed E-state index contributed by atoms with van der Waals surface area (Å²) in [6.07, 6.45) is 0.647. The number of nitrogens with zero attached hydrogens (tertiary/aromatic N) is 2. The third-order valence-electron chi connectivity index (χ3n) is 3.14. The molecule has 1 unspecified atom stereocenters. The fourth-order valence-electron chi connectivity index (χ4n) is 2.05. The van der Waals surface area contributed by atoms with E-state index >= 15 is 0 Å². The molecule has 94 valence electrons. The van der Waals surface area contributed by atoms with Crippen LogP contribution in [0.1, 0.15) is 18.4 Å². The maximum absolute atomic E-state index is 10.6. The summed E-state index contributed by atoms with van der Waals surface area (Å²) in [4.78, 5) is 12.6. The molecule has 0 saturated carbocycles. The van der Waals surface area contributed by atoms with Crippen LogP contribution in [0.5, 0.6) is 5.75 Å². The predicted octanol–water partition coefficient (Wildman–Crippen LogP) is 1.62. The molecule has 0 amide bonds. The van der Waals surface area contributed by atoms with Gasteiger partial charge in [-0.05, 0) is 24.6 Å². The predicted molar refractivity (Wildman–Crippen MR) is 65.7 cm³/mol. The van der Waals surface area contributed by atoms with Crippen molar-refractivity contribution in [1.82, 2.24) is 0 Å². The van der Waals surface area contributed by atoms with Crippen molar-refractivity contribution in [2.24, 2.45) is 0 Å². The van der Waals surface area contributed by atoms with E-state index in [2.05, 4.69) is 6.07 Å². The van der Waals surface area contributed by atoms with Crippen molar-refractivity contribution in [3.63, 3.8) is 0 Å². The standard InChI is InChI=1S/C13H14N2O3/c1-15-10(3-5-13(16)17)8-18-12-4-2-9(7-14)6-11(12)15/h2,4,6,10H,3,5,8H2,1H3,(H,16,17). The molecule has 2 rings (SSSR count). The summed E-state index contributed by atoms with van der Waals surface area (Å²) >= 11 is 0. The van der Waals surface area contributed by atoms with E-state index in [1.54, 1.807) is 18.2 Å². The number of carbonyl (C=O) groups is 1. The number of hydrogen-bond donors (Lipinski definition) is 1. The van der Waals surface area contributed by atoms with Gasteiger partial charge in [0.15, 0.2) is 0 Å². The van der Waals surface area contributed by atoms with Crippen LogP contribution in [0.15, 0.2) is 18.2 Å². The molecule has 1 aliphatic heterocycles. The molecule has 0 saturated heterocycles. The molecule has 18 heavy (non-hydrogen) atoms. The zero-order valence-electron chi connectivity index (χ0n) is 10.1. The van der Waals surface area contributed by atoms with Crippen molar-refractivity contribution < 1.29 is 14.6 Å². The van der Waals surface area contributed by atoms with Crippen molar-refractivity contribution in [3.05, 3.63) is 23.8 Å². The molecule has 1 atom stereocenters. The Labute approximate surface area is 105 Å². The average Bonchev–Trinajstić information content (AvgIpc) is 2.37. The lowest BCUT2D eigenvalue weighted by Gasteiger charge is -2.35. The first-order valence-corrected chi connectivity index (χ1v) is 5.73. The molecular formula is C13H14N2O3. The highest BCUT2D eigenvalue weighted by Crippen LogP contribution is 2.34. The number of aliphatic carboxylic acids is 1. The highest BCUT2D eigenvalue weighted by Gasteiger charge is 2.25. The third kappa shape index (κ3) is 2.38. The molecule has 0 aromatic heterocycles. The normalized spacial score (nSPS) is 17.6. The van der Waals surface area contributed by atoms with Crippen LogP contribution in [-0.2, 0) is 4.79 Å². The van der Waals surface area contributed by atoms with Crippen molar-refractivity contribution in [2.75, 3.05) is 18.6 Å². The maximum Gasteiger partial charge on any atom is 0.303 e. The molecule has 1 heterocycles. The molecule has 0 radical (unpaired) electrons. The van der Waals surface area contributed by atoms with E-state index in [0.717, 1.165) is 11.4 Å². The van der Waals surface area contributed by atoms with Gasteiger partial charge in [-0.3, -0.25) is 4.79 Å². The Bertz CT molecular complexity index is 507. The summed E-state index contributed by atoms with van der Waals surface area (Å²) in [5, 5.41) is 17.6. The fourth-order valence-corrected chi connectivity index (χ4v) is 2.05. The van der Waals surface area contributed by atoms with Gasteiger partial charge in [0.05, 0.1) is 23.4 Å². The Hall–Kier alpha value is -2.22. The smallest absolute Gasteiger partial charge is 0.303 e. The van der Waals surface area contributed by atoms with Crippen LogP contribution >= 0.6 is 0 Å². The molecule has 1 N–H and O–H groups in total. The second-order valence-corrected chi connectivity index (χ2v) is 4.30. The van der Waals surface area contributed by atoms with Gasteiger partial charge >= 0.3 is 5.97 Å². The third-order valence-corrected chi connectivity index (χ3v) is 3.14. The van der Waals surface area contributed by atoms with Gasteiger partial charge in [0.25, 0.3) is 0 Å². The highest BCUT2D eigenvalue weighted by molar-refractivity contribution is 5.67. The summed E-state index contributed by atoms with van der Waals surface area (Å²) in [6.45, 7) is 0.475.